The van der Waals surface area contributed by atoms with Gasteiger partial charge in [-0.05, 0) is 60.2 Å². The Labute approximate surface area is 157 Å². The monoisotopic (exact) mass is 366 g/mol. The summed E-state index contributed by atoms with van der Waals surface area (Å²) in [5.41, 5.74) is 4.35. The summed E-state index contributed by atoms with van der Waals surface area (Å²) < 4.78 is 5.87. The maximum absolute atomic E-state index is 13.1. The van der Waals surface area contributed by atoms with Gasteiger partial charge >= 0.3 is 0 Å². The second kappa shape index (κ2) is 5.70. The van der Waals surface area contributed by atoms with E-state index in [2.05, 4.69) is 0 Å². The molecule has 0 radical (unpaired) electrons. The fourth-order valence-electron chi connectivity index (χ4n) is 4.80. The minimum Gasteiger partial charge on any atom is -0.511 e. The summed E-state index contributed by atoms with van der Waals surface area (Å²) in [7, 11) is 0. The summed E-state index contributed by atoms with van der Waals surface area (Å²) in [5.74, 6) is -0.100. The van der Waals surface area contributed by atoms with Gasteiger partial charge < -0.3 is 9.84 Å². The van der Waals surface area contributed by atoms with Crippen LogP contribution < -0.4 is 0 Å². The normalized spacial score (nSPS) is 29.5. The fraction of sp³-hybridized carbons (Fsp3) is 0.318. The number of fused-ring (bicyclic) bond motifs is 5. The van der Waals surface area contributed by atoms with Crippen molar-refractivity contribution >= 4 is 23.0 Å². The summed E-state index contributed by atoms with van der Waals surface area (Å²) in [4.78, 5) is 13.1. The van der Waals surface area contributed by atoms with E-state index >= 15 is 0 Å². The molecule has 4 heteroatoms. The molecule has 4 atom stereocenters. The maximum Gasteiger partial charge on any atom is 0.173 e. The van der Waals surface area contributed by atoms with E-state index in [9.17, 15) is 9.90 Å². The quantitative estimate of drug-likeness (QED) is 0.817. The number of halogens is 1. The van der Waals surface area contributed by atoms with Crippen LogP contribution in [0.4, 0.5) is 0 Å². The van der Waals surface area contributed by atoms with Crippen molar-refractivity contribution in [3.63, 3.8) is 0 Å². The number of carbonyl (C=O) groups excluding carboxylic acids is 1. The summed E-state index contributed by atoms with van der Waals surface area (Å²) >= 11 is 5.99. The summed E-state index contributed by atoms with van der Waals surface area (Å²) in [6.45, 7) is 1.98. The van der Waals surface area contributed by atoms with E-state index in [1.54, 1.807) is 0 Å². The van der Waals surface area contributed by atoms with Gasteiger partial charge in [-0.2, -0.15) is 0 Å². The lowest BCUT2D eigenvalue weighted by atomic mass is 9.80. The molecule has 2 fully saturated rings. The van der Waals surface area contributed by atoms with E-state index in [4.69, 9.17) is 16.3 Å². The minimum atomic E-state index is -0.206. The number of aryl methyl sites for hydroxylation is 1. The Hall–Kier alpha value is -2.10. The first-order valence-electron chi connectivity index (χ1n) is 9.04. The highest BCUT2D eigenvalue weighted by Gasteiger charge is 2.59. The number of hydrogen-bond acceptors (Lipinski definition) is 3. The van der Waals surface area contributed by atoms with Gasteiger partial charge in [0.2, 0.25) is 0 Å². The first-order valence-corrected chi connectivity index (χ1v) is 9.42. The average molecular weight is 367 g/mol. The summed E-state index contributed by atoms with van der Waals surface area (Å²) in [6.07, 6.45) is 1.81. The molecule has 132 valence electrons. The average Bonchev–Trinajstić information content (AvgIpc) is 3.31. The zero-order valence-corrected chi connectivity index (χ0v) is 15.2. The molecule has 0 aromatic heterocycles. The Balaban J connectivity index is 1.61. The highest BCUT2D eigenvalue weighted by Crippen LogP contribution is 2.53. The zero-order valence-electron chi connectivity index (χ0n) is 14.4. The number of allylic oxidation sites excluding steroid dienone is 1. The van der Waals surface area contributed by atoms with Gasteiger partial charge in [-0.1, -0.05) is 35.9 Å². The van der Waals surface area contributed by atoms with Crippen LogP contribution in [0, 0.1) is 18.8 Å². The highest BCUT2D eigenvalue weighted by atomic mass is 35.5. The Morgan fingerprint density at radius 3 is 2.35 bits per heavy atom. The van der Waals surface area contributed by atoms with E-state index in [0.717, 1.165) is 35.1 Å². The Morgan fingerprint density at radius 2 is 1.65 bits per heavy atom. The van der Waals surface area contributed by atoms with Crippen molar-refractivity contribution in [3.8, 4) is 11.1 Å². The van der Waals surface area contributed by atoms with Crippen molar-refractivity contribution in [3.05, 3.63) is 64.4 Å². The van der Waals surface area contributed by atoms with Gasteiger partial charge in [0, 0.05) is 5.02 Å². The molecule has 2 bridgehead atoms. The number of carbonyl (C=O) groups is 1. The molecule has 2 aromatic rings. The van der Waals surface area contributed by atoms with Gasteiger partial charge in [-0.25, -0.2) is 0 Å². The van der Waals surface area contributed by atoms with Crippen LogP contribution in [0.1, 0.15) is 24.0 Å². The molecule has 1 N–H and O–H groups in total. The van der Waals surface area contributed by atoms with Crippen LogP contribution in [0.5, 0.6) is 0 Å². The third-order valence-electron chi connectivity index (χ3n) is 6.08. The second-order valence-corrected chi connectivity index (χ2v) is 7.94. The predicted octanol–water partition coefficient (Wildman–Crippen LogP) is 4.96. The van der Waals surface area contributed by atoms with Crippen molar-refractivity contribution < 1.29 is 14.6 Å². The van der Waals surface area contributed by atoms with Gasteiger partial charge in [-0.15, -0.1) is 0 Å². The standard InChI is InChI=1S/C22H19ClO3/c1-11-2-3-13(12-4-6-14(23)7-5-12)10-15(11)18-21(24)19-16-8-9-17(26-16)20(19)22(18)25/h2-7,10,16-17,19-20,24H,8-9H2,1H3/t16-,17+,19-,20+/m1/s1. The number of Topliss-reactive ketones (excluding diaryl/α,β-unsaturated/α-hetero) is 1. The molecule has 1 aliphatic carbocycles. The lowest BCUT2D eigenvalue weighted by Gasteiger charge is -2.19. The third kappa shape index (κ3) is 2.20. The topological polar surface area (TPSA) is 46.5 Å². The molecular formula is C22H19ClO3. The van der Waals surface area contributed by atoms with Gasteiger partial charge in [0.05, 0.1) is 29.6 Å². The maximum atomic E-state index is 13.1. The molecule has 2 heterocycles. The van der Waals surface area contributed by atoms with E-state index in [-0.39, 0.29) is 35.6 Å². The molecule has 2 aliphatic heterocycles. The molecular weight excluding hydrogens is 348 g/mol. The number of hydrogen-bond donors (Lipinski definition) is 1. The van der Waals surface area contributed by atoms with E-state index < -0.39 is 0 Å². The highest BCUT2D eigenvalue weighted by molar-refractivity contribution is 6.30. The first kappa shape index (κ1) is 16.1. The molecule has 2 saturated heterocycles. The third-order valence-corrected chi connectivity index (χ3v) is 6.33. The Kier molecular flexibility index (Phi) is 3.53. The number of rotatable bonds is 2. The largest absolute Gasteiger partial charge is 0.511 e. The van der Waals surface area contributed by atoms with E-state index in [1.807, 2.05) is 49.4 Å². The molecule has 0 unspecified atom stereocenters. The Bertz CT molecular complexity index is 944. The molecule has 0 amide bonds. The molecule has 3 aliphatic rings. The van der Waals surface area contributed by atoms with Crippen molar-refractivity contribution in [2.75, 3.05) is 0 Å². The number of aliphatic hydroxyl groups is 1. The summed E-state index contributed by atoms with van der Waals surface area (Å²) in [5, 5.41) is 11.6. The Morgan fingerprint density at radius 1 is 1.00 bits per heavy atom. The number of ether oxygens (including phenoxy) is 1. The van der Waals surface area contributed by atoms with Crippen LogP contribution in [0.15, 0.2) is 48.2 Å². The molecule has 2 aromatic carbocycles. The molecule has 0 saturated carbocycles. The molecule has 26 heavy (non-hydrogen) atoms. The molecule has 3 nitrogen and oxygen atoms in total. The molecule has 0 spiro atoms. The van der Waals surface area contributed by atoms with Crippen LogP contribution in [0.3, 0.4) is 0 Å². The van der Waals surface area contributed by atoms with Crippen LogP contribution >= 0.6 is 11.6 Å². The van der Waals surface area contributed by atoms with Gasteiger partial charge in [0.25, 0.3) is 0 Å². The lowest BCUT2D eigenvalue weighted by molar-refractivity contribution is -0.118. The second-order valence-electron chi connectivity index (χ2n) is 7.50. The van der Waals surface area contributed by atoms with Crippen molar-refractivity contribution in [1.82, 2.24) is 0 Å². The van der Waals surface area contributed by atoms with Crippen molar-refractivity contribution in [2.24, 2.45) is 11.8 Å². The number of aliphatic hydroxyl groups excluding tert-OH is 1. The van der Waals surface area contributed by atoms with Gasteiger partial charge in [0.15, 0.2) is 5.78 Å². The van der Waals surface area contributed by atoms with E-state index in [1.165, 1.54) is 0 Å². The molecule has 5 rings (SSSR count). The summed E-state index contributed by atoms with van der Waals surface area (Å²) in [6, 6.07) is 13.7. The lowest BCUT2D eigenvalue weighted by Crippen LogP contribution is -2.29. The van der Waals surface area contributed by atoms with Crippen molar-refractivity contribution in [2.45, 2.75) is 32.0 Å². The SMILES string of the molecule is Cc1ccc(-c2ccc(Cl)cc2)cc1C1=C(O)[C@H]2[C@@H](C1=O)[C@@H]1CC[C@H]2O1. The predicted molar refractivity (Wildman–Crippen MR) is 101 cm³/mol. The number of ketones is 1. The van der Waals surface area contributed by atoms with Crippen LogP contribution in [0.25, 0.3) is 16.7 Å². The smallest absolute Gasteiger partial charge is 0.173 e. The minimum absolute atomic E-state index is 0.00814. The first-order chi connectivity index (χ1) is 12.5. The van der Waals surface area contributed by atoms with E-state index in [0.29, 0.717) is 10.6 Å². The fourth-order valence-corrected chi connectivity index (χ4v) is 4.93. The van der Waals surface area contributed by atoms with Crippen LogP contribution in [-0.2, 0) is 9.53 Å². The van der Waals surface area contributed by atoms with Crippen LogP contribution in [-0.4, -0.2) is 23.1 Å². The number of benzene rings is 2. The van der Waals surface area contributed by atoms with Crippen molar-refractivity contribution in [1.29, 1.82) is 0 Å². The van der Waals surface area contributed by atoms with Crippen LogP contribution in [0.2, 0.25) is 5.02 Å². The zero-order chi connectivity index (χ0) is 18.0. The van der Waals surface area contributed by atoms with Gasteiger partial charge in [0.1, 0.15) is 5.76 Å². The van der Waals surface area contributed by atoms with Gasteiger partial charge in [-0.3, -0.25) is 4.79 Å².